The van der Waals surface area contributed by atoms with Gasteiger partial charge in [-0.3, -0.25) is 0 Å². The van der Waals surface area contributed by atoms with Crippen molar-refractivity contribution in [2.75, 3.05) is 7.11 Å². The van der Waals surface area contributed by atoms with Gasteiger partial charge in [0.2, 0.25) is 5.75 Å². The van der Waals surface area contributed by atoms with E-state index in [0.717, 1.165) is 13.2 Å². The van der Waals surface area contributed by atoms with Crippen molar-refractivity contribution < 1.29 is 18.4 Å². The normalized spacial score (nSPS) is 10.6. The maximum Gasteiger partial charge on any atom is 0.406 e. The summed E-state index contributed by atoms with van der Waals surface area (Å²) in [6, 6.07) is 0.887. The summed E-state index contributed by atoms with van der Waals surface area (Å²) in [5.41, 5.74) is 4.53. The molecule has 1 aromatic rings. The Hall–Kier alpha value is -1.83. The summed E-state index contributed by atoms with van der Waals surface area (Å²) in [4.78, 5) is 13.2. The first-order valence-electron chi connectivity index (χ1n) is 4.21. The maximum absolute atomic E-state index is 12.5. The smallest absolute Gasteiger partial charge is 0.406 e. The lowest BCUT2D eigenvalue weighted by Crippen LogP contribution is -2.08. The predicted octanol–water partition coefficient (Wildman–Crippen LogP) is 1.39. The molecule has 0 unspecified atom stereocenters. The number of hydrogen-bond donors (Lipinski definition) is 1. The van der Waals surface area contributed by atoms with Crippen LogP contribution < -0.4 is 10.5 Å². The number of nitro groups is 1. The van der Waals surface area contributed by atoms with E-state index in [1.807, 2.05) is 0 Å². The van der Waals surface area contributed by atoms with Gasteiger partial charge >= 0.3 is 5.82 Å². The Labute approximate surface area is 89.2 Å². The topological polar surface area (TPSA) is 91.3 Å². The summed E-state index contributed by atoms with van der Waals surface area (Å²) < 4.78 is 29.7. The first-order chi connectivity index (χ1) is 7.51. The molecule has 0 amide bonds. The number of hydrogen-bond acceptors (Lipinski definition) is 5. The van der Waals surface area contributed by atoms with Crippen LogP contribution in [0.25, 0.3) is 0 Å². The van der Waals surface area contributed by atoms with Crippen LogP contribution in [0.1, 0.15) is 17.7 Å². The van der Waals surface area contributed by atoms with Gasteiger partial charge in [-0.1, -0.05) is 0 Å². The summed E-state index contributed by atoms with van der Waals surface area (Å²) in [5, 5.41) is 10.6. The highest BCUT2D eigenvalue weighted by atomic mass is 19.3. The van der Waals surface area contributed by atoms with Gasteiger partial charge in [0.15, 0.2) is 5.69 Å². The molecule has 8 heteroatoms. The Morgan fingerprint density at radius 1 is 1.69 bits per heavy atom. The molecule has 0 aliphatic heterocycles. The molecule has 0 fully saturated rings. The zero-order valence-corrected chi connectivity index (χ0v) is 8.31. The lowest BCUT2D eigenvalue weighted by Gasteiger charge is -2.06. The minimum absolute atomic E-state index is 0.206. The molecule has 0 saturated carbocycles. The number of pyridine rings is 1. The van der Waals surface area contributed by atoms with E-state index in [1.165, 1.54) is 0 Å². The number of methoxy groups -OCH3 is 1. The Balaban J connectivity index is 3.40. The Kier molecular flexibility index (Phi) is 3.67. The summed E-state index contributed by atoms with van der Waals surface area (Å²) >= 11 is 0. The van der Waals surface area contributed by atoms with E-state index in [0.29, 0.717) is 0 Å². The van der Waals surface area contributed by atoms with Crippen LogP contribution in [-0.4, -0.2) is 17.0 Å². The Bertz CT molecular complexity index is 412. The van der Waals surface area contributed by atoms with Crippen molar-refractivity contribution in [1.82, 2.24) is 4.98 Å². The van der Waals surface area contributed by atoms with Crippen LogP contribution in [0.5, 0.6) is 5.75 Å². The largest absolute Gasteiger partial charge is 0.489 e. The van der Waals surface area contributed by atoms with Crippen LogP contribution in [0.2, 0.25) is 0 Å². The van der Waals surface area contributed by atoms with E-state index < -0.39 is 22.7 Å². The number of aromatic nitrogens is 1. The quantitative estimate of drug-likeness (QED) is 0.626. The van der Waals surface area contributed by atoms with Crippen LogP contribution >= 0.6 is 0 Å². The second kappa shape index (κ2) is 4.79. The minimum atomic E-state index is -2.80. The van der Waals surface area contributed by atoms with E-state index in [4.69, 9.17) is 5.73 Å². The fraction of sp³-hybridized carbons (Fsp3) is 0.375. The standard InChI is InChI=1S/C8H9F2N3O3/c1-16-6-2-4(7(9)10)5(3-11)12-8(6)13(14)15/h2,7H,3,11H2,1H3. The average Bonchev–Trinajstić information content (AvgIpc) is 2.26. The van der Waals surface area contributed by atoms with Gasteiger partial charge in [0.1, 0.15) is 0 Å². The van der Waals surface area contributed by atoms with E-state index >= 15 is 0 Å². The number of alkyl halides is 2. The summed E-state index contributed by atoms with van der Waals surface area (Å²) in [5.74, 6) is -0.926. The lowest BCUT2D eigenvalue weighted by atomic mass is 10.2. The van der Waals surface area contributed by atoms with Crippen molar-refractivity contribution in [2.45, 2.75) is 13.0 Å². The van der Waals surface area contributed by atoms with E-state index in [9.17, 15) is 18.9 Å². The SMILES string of the molecule is COc1cc(C(F)F)c(CN)nc1[N+](=O)[O-]. The molecule has 0 saturated heterocycles. The van der Waals surface area contributed by atoms with Crippen molar-refractivity contribution in [3.63, 3.8) is 0 Å². The fourth-order valence-electron chi connectivity index (χ4n) is 1.17. The average molecular weight is 233 g/mol. The second-order valence-electron chi connectivity index (χ2n) is 2.81. The highest BCUT2D eigenvalue weighted by Gasteiger charge is 2.25. The summed E-state index contributed by atoms with van der Waals surface area (Å²) in [7, 11) is 1.14. The van der Waals surface area contributed by atoms with Crippen LogP contribution in [0, 0.1) is 10.1 Å². The fourth-order valence-corrected chi connectivity index (χ4v) is 1.17. The third kappa shape index (κ3) is 2.22. The van der Waals surface area contributed by atoms with Gasteiger partial charge in [-0.05, 0) is 9.91 Å². The van der Waals surface area contributed by atoms with E-state index in [-0.39, 0.29) is 18.0 Å². The molecular weight excluding hydrogens is 224 g/mol. The Morgan fingerprint density at radius 3 is 2.69 bits per heavy atom. The predicted molar refractivity (Wildman–Crippen MR) is 50.3 cm³/mol. The van der Waals surface area contributed by atoms with Crippen LogP contribution in [0.4, 0.5) is 14.6 Å². The van der Waals surface area contributed by atoms with Gasteiger partial charge in [0, 0.05) is 6.07 Å². The van der Waals surface area contributed by atoms with Gasteiger partial charge in [-0.25, -0.2) is 8.78 Å². The lowest BCUT2D eigenvalue weighted by molar-refractivity contribution is -0.390. The molecule has 0 aliphatic rings. The van der Waals surface area contributed by atoms with Crippen molar-refractivity contribution >= 4 is 5.82 Å². The third-order valence-corrected chi connectivity index (χ3v) is 1.90. The summed E-state index contributed by atoms with van der Waals surface area (Å²) in [6.07, 6.45) is -2.80. The van der Waals surface area contributed by atoms with Crippen LogP contribution in [-0.2, 0) is 6.54 Å². The zero-order chi connectivity index (χ0) is 12.3. The molecule has 1 rings (SSSR count). The molecule has 88 valence electrons. The van der Waals surface area contributed by atoms with Crippen molar-refractivity contribution in [1.29, 1.82) is 0 Å². The molecule has 6 nitrogen and oxygen atoms in total. The third-order valence-electron chi connectivity index (χ3n) is 1.90. The molecule has 2 N–H and O–H groups in total. The van der Waals surface area contributed by atoms with Gasteiger partial charge in [-0.15, -0.1) is 0 Å². The van der Waals surface area contributed by atoms with Crippen LogP contribution in [0.3, 0.4) is 0 Å². The number of ether oxygens (including phenoxy) is 1. The molecule has 0 spiro atoms. The van der Waals surface area contributed by atoms with Gasteiger partial charge in [0.25, 0.3) is 6.43 Å². The molecule has 1 aromatic heterocycles. The first kappa shape index (κ1) is 12.2. The maximum atomic E-state index is 12.5. The highest BCUT2D eigenvalue weighted by molar-refractivity contribution is 5.44. The van der Waals surface area contributed by atoms with Crippen molar-refractivity contribution in [2.24, 2.45) is 5.73 Å². The van der Waals surface area contributed by atoms with E-state index in [1.54, 1.807) is 0 Å². The molecular formula is C8H9F2N3O3. The molecule has 0 aromatic carbocycles. The van der Waals surface area contributed by atoms with Gasteiger partial charge in [0.05, 0.1) is 19.2 Å². The number of nitrogens with zero attached hydrogens (tertiary/aromatic N) is 2. The molecule has 16 heavy (non-hydrogen) atoms. The minimum Gasteiger partial charge on any atom is -0.489 e. The highest BCUT2D eigenvalue weighted by Crippen LogP contribution is 2.31. The monoisotopic (exact) mass is 233 g/mol. The molecule has 0 bridgehead atoms. The van der Waals surface area contributed by atoms with Crippen molar-refractivity contribution in [3.8, 4) is 5.75 Å². The Morgan fingerprint density at radius 2 is 2.31 bits per heavy atom. The number of rotatable bonds is 4. The summed E-state index contributed by atoms with van der Waals surface area (Å²) in [6.45, 7) is -0.301. The molecule has 0 atom stereocenters. The van der Waals surface area contributed by atoms with Crippen molar-refractivity contribution in [3.05, 3.63) is 27.4 Å². The van der Waals surface area contributed by atoms with Gasteiger partial charge < -0.3 is 20.6 Å². The second-order valence-corrected chi connectivity index (χ2v) is 2.81. The van der Waals surface area contributed by atoms with Gasteiger partial charge in [-0.2, -0.15) is 0 Å². The number of halogens is 2. The van der Waals surface area contributed by atoms with E-state index in [2.05, 4.69) is 9.72 Å². The molecule has 0 aliphatic carbocycles. The van der Waals surface area contributed by atoms with Crippen LogP contribution in [0.15, 0.2) is 6.07 Å². The molecule has 1 heterocycles. The zero-order valence-electron chi connectivity index (χ0n) is 8.31. The first-order valence-corrected chi connectivity index (χ1v) is 4.21. The molecule has 0 radical (unpaired) electrons. The number of nitrogens with two attached hydrogens (primary N) is 1.